The molecule has 130 valence electrons. The van der Waals surface area contributed by atoms with Crippen molar-refractivity contribution < 1.29 is 18.9 Å². The second-order valence-corrected chi connectivity index (χ2v) is 7.67. The first-order valence-corrected chi connectivity index (χ1v) is 9.31. The van der Waals surface area contributed by atoms with Crippen LogP contribution in [0.4, 0.5) is 11.4 Å². The van der Waals surface area contributed by atoms with Crippen molar-refractivity contribution in [3.63, 3.8) is 0 Å². The molecular formula is C17H22N2O4S. The Bertz CT molecular complexity index is 683. The van der Waals surface area contributed by atoms with Crippen molar-refractivity contribution in [3.8, 4) is 5.75 Å². The summed E-state index contributed by atoms with van der Waals surface area (Å²) in [4.78, 5) is 0. The third-order valence-corrected chi connectivity index (χ3v) is 5.80. The second kappa shape index (κ2) is 7.00. The third-order valence-electron chi connectivity index (χ3n) is 3.86. The van der Waals surface area contributed by atoms with Crippen LogP contribution in [0.3, 0.4) is 0 Å². The van der Waals surface area contributed by atoms with Gasteiger partial charge in [-0.3, -0.25) is 9.11 Å². The second-order valence-electron chi connectivity index (χ2n) is 5.65. The van der Waals surface area contributed by atoms with Crippen LogP contribution in [-0.4, -0.2) is 39.3 Å². The molecule has 1 heterocycles. The highest BCUT2D eigenvalue weighted by Gasteiger charge is 2.42. The number of fused-ring (bicyclic) bond motifs is 1. The molecule has 2 aromatic rings. The topological polar surface area (TPSA) is 85.2 Å². The first-order valence-electron chi connectivity index (χ1n) is 7.74. The van der Waals surface area contributed by atoms with Crippen LogP contribution in [0.2, 0.25) is 0 Å². The normalized spacial score (nSPS) is 21.5. The summed E-state index contributed by atoms with van der Waals surface area (Å²) in [5, 5.41) is 12.9. The number of nitrogens with zero attached hydrogens (tertiary/aromatic N) is 1. The number of hydrogen-bond donors (Lipinski definition) is 4. The first kappa shape index (κ1) is 17.1. The average Bonchev–Trinajstić information content (AvgIpc) is 2.56. The van der Waals surface area contributed by atoms with Crippen molar-refractivity contribution in [1.82, 2.24) is 5.32 Å². The Morgan fingerprint density at radius 1 is 1.12 bits per heavy atom. The van der Waals surface area contributed by atoms with Gasteiger partial charge in [0.2, 0.25) is 5.44 Å². The molecule has 2 aromatic carbocycles. The molecule has 1 aliphatic heterocycles. The van der Waals surface area contributed by atoms with Crippen LogP contribution < -0.4 is 14.4 Å². The van der Waals surface area contributed by atoms with Gasteiger partial charge in [-0.2, -0.15) is 0 Å². The molecule has 0 bridgehead atoms. The van der Waals surface area contributed by atoms with E-state index < -0.39 is 22.3 Å². The van der Waals surface area contributed by atoms with Gasteiger partial charge in [-0.1, -0.05) is 41.1 Å². The van der Waals surface area contributed by atoms with Crippen molar-refractivity contribution in [2.45, 2.75) is 18.0 Å². The average molecular weight is 350 g/mol. The third kappa shape index (κ3) is 3.22. The molecule has 1 aliphatic rings. The summed E-state index contributed by atoms with van der Waals surface area (Å²) in [6, 6.07) is 16.4. The predicted octanol–water partition coefficient (Wildman–Crippen LogP) is 3.18. The largest absolute Gasteiger partial charge is 0.466 e. The molecule has 0 saturated carbocycles. The van der Waals surface area contributed by atoms with Gasteiger partial charge in [-0.15, -0.1) is 0 Å². The van der Waals surface area contributed by atoms with E-state index in [0.29, 0.717) is 23.7 Å². The van der Waals surface area contributed by atoms with E-state index in [1.54, 1.807) is 19.2 Å². The lowest BCUT2D eigenvalue weighted by Crippen LogP contribution is -2.42. The van der Waals surface area contributed by atoms with Crippen molar-refractivity contribution in [2.24, 2.45) is 0 Å². The van der Waals surface area contributed by atoms with Crippen molar-refractivity contribution in [3.05, 3.63) is 54.6 Å². The molecule has 0 aliphatic carbocycles. The highest BCUT2D eigenvalue weighted by molar-refractivity contribution is 8.26. The smallest absolute Gasteiger partial charge is 0.209 e. The number of hydrogen-bond acceptors (Lipinski definition) is 6. The van der Waals surface area contributed by atoms with E-state index in [2.05, 4.69) is 5.32 Å². The summed E-state index contributed by atoms with van der Waals surface area (Å²) >= 11 is 0. The van der Waals surface area contributed by atoms with Gasteiger partial charge < -0.3 is 15.2 Å². The van der Waals surface area contributed by atoms with Crippen molar-refractivity contribution in [1.29, 1.82) is 0 Å². The maximum atomic E-state index is 10.9. The summed E-state index contributed by atoms with van der Waals surface area (Å²) < 4.78 is 29.2. The van der Waals surface area contributed by atoms with Gasteiger partial charge in [0.25, 0.3) is 0 Å². The van der Waals surface area contributed by atoms with Gasteiger partial charge in [0, 0.05) is 13.0 Å². The number of likely N-dealkylation sites (N-methyl/N-ethyl adjacent to an activating group) is 1. The predicted molar refractivity (Wildman–Crippen MR) is 96.8 cm³/mol. The Labute approximate surface area is 143 Å². The molecule has 6 nitrogen and oxygen atoms in total. The number of nitrogens with one attached hydrogen (secondary N) is 1. The summed E-state index contributed by atoms with van der Waals surface area (Å²) in [6.45, 7) is 0.350. The SMILES string of the molecule is CNC[C@H](O)CC1Oc2ccccc2N(c2ccccc2)S1(O)O. The number of aliphatic hydroxyl groups is 1. The number of ether oxygens (including phenoxy) is 1. The Balaban J connectivity index is 2.02. The maximum Gasteiger partial charge on any atom is 0.209 e. The van der Waals surface area contributed by atoms with E-state index >= 15 is 0 Å². The Morgan fingerprint density at radius 3 is 2.50 bits per heavy atom. The fourth-order valence-corrected chi connectivity index (χ4v) is 4.59. The Morgan fingerprint density at radius 2 is 1.79 bits per heavy atom. The monoisotopic (exact) mass is 350 g/mol. The standard InChI is InChI=1S/C17H22N2O4S/c1-18-12-14(20)11-17-23-16-10-6-5-9-15(16)19(24(17,21)22)13-7-3-2-4-8-13/h2-10,14,17-18,20-22H,11-12H2,1H3/t14-,17?/m1/s1. The first-order chi connectivity index (χ1) is 11.5. The van der Waals surface area contributed by atoms with Crippen LogP contribution in [-0.2, 0) is 0 Å². The summed E-state index contributed by atoms with van der Waals surface area (Å²) in [5.41, 5.74) is 0.348. The number of benzene rings is 2. The van der Waals surface area contributed by atoms with E-state index in [4.69, 9.17) is 4.74 Å². The fraction of sp³-hybridized carbons (Fsp3) is 0.294. The molecule has 4 N–H and O–H groups in total. The minimum atomic E-state index is -3.32. The molecule has 0 fully saturated rings. The number of aliphatic hydroxyl groups excluding tert-OH is 1. The van der Waals surface area contributed by atoms with E-state index in [1.165, 1.54) is 4.31 Å². The highest BCUT2D eigenvalue weighted by Crippen LogP contribution is 2.61. The van der Waals surface area contributed by atoms with Crippen LogP contribution in [0.15, 0.2) is 54.6 Å². The zero-order chi connectivity index (χ0) is 17.2. The minimum Gasteiger partial charge on any atom is -0.466 e. The van der Waals surface area contributed by atoms with Crippen LogP contribution in [0.1, 0.15) is 6.42 Å². The van der Waals surface area contributed by atoms with E-state index in [0.717, 1.165) is 0 Å². The van der Waals surface area contributed by atoms with Gasteiger partial charge in [-0.05, 0) is 31.3 Å². The zero-order valence-corrected chi connectivity index (χ0v) is 14.2. The molecule has 3 rings (SSSR count). The maximum absolute atomic E-state index is 10.9. The van der Waals surface area contributed by atoms with E-state index in [9.17, 15) is 14.2 Å². The summed E-state index contributed by atoms with van der Waals surface area (Å²) in [6.07, 6.45) is -0.630. The van der Waals surface area contributed by atoms with Gasteiger partial charge in [0.05, 0.1) is 11.8 Å². The molecular weight excluding hydrogens is 328 g/mol. The van der Waals surface area contributed by atoms with Crippen LogP contribution in [0, 0.1) is 0 Å². The quantitative estimate of drug-likeness (QED) is 0.663. The minimum absolute atomic E-state index is 0.112. The Kier molecular flexibility index (Phi) is 4.98. The van der Waals surface area contributed by atoms with Gasteiger partial charge >= 0.3 is 0 Å². The van der Waals surface area contributed by atoms with Crippen LogP contribution in [0.25, 0.3) is 0 Å². The molecule has 0 radical (unpaired) electrons. The van der Waals surface area contributed by atoms with Crippen LogP contribution in [0.5, 0.6) is 5.75 Å². The lowest BCUT2D eigenvalue weighted by molar-refractivity contribution is 0.119. The molecule has 2 atom stereocenters. The zero-order valence-electron chi connectivity index (χ0n) is 13.4. The fourth-order valence-electron chi connectivity index (χ4n) is 2.77. The highest BCUT2D eigenvalue weighted by atomic mass is 32.3. The molecule has 0 amide bonds. The van der Waals surface area contributed by atoms with Gasteiger partial charge in [0.15, 0.2) is 0 Å². The molecule has 0 aromatic heterocycles. The summed E-state index contributed by atoms with van der Waals surface area (Å²) in [5.74, 6) is 0.564. The number of anilines is 2. The van der Waals surface area contributed by atoms with Crippen LogP contribution >= 0.6 is 10.8 Å². The van der Waals surface area contributed by atoms with Gasteiger partial charge in [-0.25, -0.2) is 4.31 Å². The lowest BCUT2D eigenvalue weighted by Gasteiger charge is -2.52. The molecule has 1 unspecified atom stereocenters. The van der Waals surface area contributed by atoms with Crippen molar-refractivity contribution >= 4 is 22.2 Å². The lowest BCUT2D eigenvalue weighted by atomic mass is 10.2. The van der Waals surface area contributed by atoms with E-state index in [-0.39, 0.29) is 6.42 Å². The summed E-state index contributed by atoms with van der Waals surface area (Å²) in [7, 11) is -1.59. The molecule has 7 heteroatoms. The number of para-hydroxylation sites is 3. The molecule has 0 saturated heterocycles. The van der Waals surface area contributed by atoms with Crippen molar-refractivity contribution in [2.75, 3.05) is 17.9 Å². The molecule has 24 heavy (non-hydrogen) atoms. The van der Waals surface area contributed by atoms with E-state index in [1.807, 2.05) is 42.5 Å². The Hall–Kier alpha value is -1.77. The number of rotatable bonds is 5. The van der Waals surface area contributed by atoms with Gasteiger partial charge in [0.1, 0.15) is 11.4 Å². The molecule has 0 spiro atoms.